The summed E-state index contributed by atoms with van der Waals surface area (Å²) in [5.41, 5.74) is 2.83. The first kappa shape index (κ1) is 19.0. The first-order chi connectivity index (χ1) is 11.8. The Morgan fingerprint density at radius 3 is 2.48 bits per heavy atom. The maximum Gasteiger partial charge on any atom is 0.240 e. The van der Waals surface area contributed by atoms with Crippen LogP contribution in [0.3, 0.4) is 0 Å². The third-order valence-electron chi connectivity index (χ3n) is 3.82. The molecule has 1 amide bonds. The van der Waals surface area contributed by atoms with Gasteiger partial charge in [0.1, 0.15) is 5.75 Å². The van der Waals surface area contributed by atoms with Crippen LogP contribution in [0.5, 0.6) is 5.75 Å². The first-order valence-corrected chi connectivity index (χ1v) is 9.22. The van der Waals surface area contributed by atoms with Crippen molar-refractivity contribution in [3.8, 4) is 5.75 Å². The minimum Gasteiger partial charge on any atom is -0.496 e. The van der Waals surface area contributed by atoms with Gasteiger partial charge in [-0.1, -0.05) is 23.8 Å². The molecule has 0 unspecified atom stereocenters. The molecule has 7 heteroatoms. The molecule has 2 aromatic carbocycles. The molecule has 0 aliphatic heterocycles. The number of aryl methyl sites for hydroxylation is 2. The van der Waals surface area contributed by atoms with Gasteiger partial charge in [0.15, 0.2) is 0 Å². The van der Waals surface area contributed by atoms with E-state index in [2.05, 4.69) is 10.0 Å². The lowest BCUT2D eigenvalue weighted by atomic mass is 10.1. The fourth-order valence-electron chi connectivity index (χ4n) is 2.50. The van der Waals surface area contributed by atoms with Crippen molar-refractivity contribution in [2.75, 3.05) is 19.5 Å². The average molecular weight is 362 g/mol. The number of rotatable bonds is 6. The molecule has 0 saturated carbocycles. The van der Waals surface area contributed by atoms with E-state index in [0.29, 0.717) is 17.0 Å². The molecule has 0 aromatic heterocycles. The Labute approximate surface area is 148 Å². The molecule has 134 valence electrons. The van der Waals surface area contributed by atoms with Gasteiger partial charge < -0.3 is 10.1 Å². The SMILES string of the molecule is CNS(=O)(=O)c1cc(NC(=O)Cc2cc(C)ccc2OC)ccc1C. The summed E-state index contributed by atoms with van der Waals surface area (Å²) in [5.74, 6) is 0.392. The third-order valence-corrected chi connectivity index (χ3v) is 5.37. The Balaban J connectivity index is 2.22. The molecule has 2 aromatic rings. The van der Waals surface area contributed by atoms with E-state index >= 15 is 0 Å². The van der Waals surface area contributed by atoms with Crippen LogP contribution in [-0.2, 0) is 21.2 Å². The lowest BCUT2D eigenvalue weighted by molar-refractivity contribution is -0.115. The number of sulfonamides is 1. The van der Waals surface area contributed by atoms with Gasteiger partial charge in [-0.05, 0) is 44.7 Å². The van der Waals surface area contributed by atoms with Gasteiger partial charge >= 0.3 is 0 Å². The van der Waals surface area contributed by atoms with E-state index in [1.807, 2.05) is 25.1 Å². The molecular weight excluding hydrogens is 340 g/mol. The normalized spacial score (nSPS) is 11.2. The second-order valence-corrected chi connectivity index (χ2v) is 7.58. The number of hydrogen-bond donors (Lipinski definition) is 2. The van der Waals surface area contributed by atoms with Gasteiger partial charge in [0.25, 0.3) is 0 Å². The van der Waals surface area contributed by atoms with Crippen LogP contribution in [0.15, 0.2) is 41.3 Å². The summed E-state index contributed by atoms with van der Waals surface area (Å²) in [6.45, 7) is 3.64. The number of amides is 1. The van der Waals surface area contributed by atoms with E-state index in [1.54, 1.807) is 26.2 Å². The van der Waals surface area contributed by atoms with E-state index in [0.717, 1.165) is 11.1 Å². The van der Waals surface area contributed by atoms with Crippen molar-refractivity contribution in [1.29, 1.82) is 0 Å². The highest BCUT2D eigenvalue weighted by Crippen LogP contribution is 2.22. The number of methoxy groups -OCH3 is 1. The highest BCUT2D eigenvalue weighted by atomic mass is 32.2. The van der Waals surface area contributed by atoms with Crippen LogP contribution >= 0.6 is 0 Å². The van der Waals surface area contributed by atoms with Crippen molar-refractivity contribution in [1.82, 2.24) is 4.72 Å². The lowest BCUT2D eigenvalue weighted by Gasteiger charge is -2.12. The minimum atomic E-state index is -3.58. The van der Waals surface area contributed by atoms with Crippen LogP contribution in [0.25, 0.3) is 0 Å². The van der Waals surface area contributed by atoms with Gasteiger partial charge in [-0.3, -0.25) is 4.79 Å². The Morgan fingerprint density at radius 1 is 1.12 bits per heavy atom. The third kappa shape index (κ3) is 4.58. The Kier molecular flexibility index (Phi) is 5.81. The van der Waals surface area contributed by atoms with Gasteiger partial charge in [0.2, 0.25) is 15.9 Å². The second-order valence-electron chi connectivity index (χ2n) is 5.73. The molecule has 0 aliphatic rings. The van der Waals surface area contributed by atoms with Gasteiger partial charge in [-0.15, -0.1) is 0 Å². The highest BCUT2D eigenvalue weighted by Gasteiger charge is 2.16. The number of ether oxygens (including phenoxy) is 1. The molecule has 0 fully saturated rings. The molecule has 0 radical (unpaired) electrons. The van der Waals surface area contributed by atoms with Gasteiger partial charge in [-0.2, -0.15) is 0 Å². The quantitative estimate of drug-likeness (QED) is 0.826. The monoisotopic (exact) mass is 362 g/mol. The molecule has 0 heterocycles. The van der Waals surface area contributed by atoms with Crippen LogP contribution in [0, 0.1) is 13.8 Å². The summed E-state index contributed by atoms with van der Waals surface area (Å²) in [4.78, 5) is 12.5. The maximum atomic E-state index is 12.3. The topological polar surface area (TPSA) is 84.5 Å². The largest absolute Gasteiger partial charge is 0.496 e. The van der Waals surface area contributed by atoms with Crippen LogP contribution in [0.4, 0.5) is 5.69 Å². The van der Waals surface area contributed by atoms with Crippen LogP contribution in [-0.4, -0.2) is 28.5 Å². The van der Waals surface area contributed by atoms with Crippen LogP contribution < -0.4 is 14.8 Å². The zero-order valence-corrected chi connectivity index (χ0v) is 15.5. The van der Waals surface area contributed by atoms with Crippen LogP contribution in [0.2, 0.25) is 0 Å². The standard InChI is InChI=1S/C18H22N2O4S/c1-12-5-8-16(24-4)14(9-12)10-18(21)20-15-7-6-13(2)17(11-15)25(22,23)19-3/h5-9,11,19H,10H2,1-4H3,(H,20,21). The molecule has 2 N–H and O–H groups in total. The van der Waals surface area contributed by atoms with Crippen molar-refractivity contribution < 1.29 is 17.9 Å². The predicted molar refractivity (Wildman–Crippen MR) is 97.5 cm³/mol. The van der Waals surface area contributed by atoms with Crippen molar-refractivity contribution in [3.05, 3.63) is 53.1 Å². The zero-order valence-electron chi connectivity index (χ0n) is 14.7. The van der Waals surface area contributed by atoms with E-state index < -0.39 is 10.0 Å². The molecule has 0 aliphatic carbocycles. The fourth-order valence-corrected chi connectivity index (χ4v) is 3.49. The first-order valence-electron chi connectivity index (χ1n) is 7.74. The summed E-state index contributed by atoms with van der Waals surface area (Å²) < 4.78 is 31.6. The zero-order chi connectivity index (χ0) is 18.6. The van der Waals surface area contributed by atoms with Gasteiger partial charge in [0, 0.05) is 11.3 Å². The molecule has 0 bridgehead atoms. The van der Waals surface area contributed by atoms with Crippen molar-refractivity contribution in [3.63, 3.8) is 0 Å². The summed E-state index contributed by atoms with van der Waals surface area (Å²) in [6.07, 6.45) is 0.132. The number of carbonyl (C=O) groups is 1. The van der Waals surface area contributed by atoms with E-state index in [-0.39, 0.29) is 17.2 Å². The smallest absolute Gasteiger partial charge is 0.240 e. The van der Waals surface area contributed by atoms with Crippen molar-refractivity contribution in [2.24, 2.45) is 0 Å². The fraction of sp³-hybridized carbons (Fsp3) is 0.278. The summed E-state index contributed by atoms with van der Waals surface area (Å²) in [6, 6.07) is 10.4. The summed E-state index contributed by atoms with van der Waals surface area (Å²) in [7, 11) is -0.676. The Bertz CT molecular complexity index is 892. The van der Waals surface area contributed by atoms with Gasteiger partial charge in [0.05, 0.1) is 18.4 Å². The second kappa shape index (κ2) is 7.67. The molecule has 0 atom stereocenters. The molecular formula is C18H22N2O4S. The number of carbonyl (C=O) groups excluding carboxylic acids is 1. The molecule has 0 spiro atoms. The number of hydrogen-bond acceptors (Lipinski definition) is 4. The maximum absolute atomic E-state index is 12.3. The van der Waals surface area contributed by atoms with E-state index in [1.165, 1.54) is 13.1 Å². The minimum absolute atomic E-state index is 0.132. The number of anilines is 1. The lowest BCUT2D eigenvalue weighted by Crippen LogP contribution is -2.20. The van der Waals surface area contributed by atoms with Crippen molar-refractivity contribution >= 4 is 21.6 Å². The average Bonchev–Trinajstić information content (AvgIpc) is 2.56. The summed E-state index contributed by atoms with van der Waals surface area (Å²) in [5, 5.41) is 2.74. The molecule has 25 heavy (non-hydrogen) atoms. The highest BCUT2D eigenvalue weighted by molar-refractivity contribution is 7.89. The van der Waals surface area contributed by atoms with Gasteiger partial charge in [-0.25, -0.2) is 13.1 Å². The number of nitrogens with one attached hydrogen (secondary N) is 2. The van der Waals surface area contributed by atoms with E-state index in [9.17, 15) is 13.2 Å². The Morgan fingerprint density at radius 2 is 1.84 bits per heavy atom. The Hall–Kier alpha value is -2.38. The predicted octanol–water partition coefficient (Wildman–Crippen LogP) is 2.40. The van der Waals surface area contributed by atoms with E-state index in [4.69, 9.17) is 4.74 Å². The number of benzene rings is 2. The van der Waals surface area contributed by atoms with Crippen molar-refractivity contribution in [2.45, 2.75) is 25.2 Å². The molecule has 0 saturated heterocycles. The van der Waals surface area contributed by atoms with Crippen LogP contribution in [0.1, 0.15) is 16.7 Å². The molecule has 2 rings (SSSR count). The molecule has 6 nitrogen and oxygen atoms in total. The summed E-state index contributed by atoms with van der Waals surface area (Å²) >= 11 is 0.